The standard InChI is InChI=1S/3C32H67O4P.Al/c3*1-31(2)27-23-19-15-11-7-5-9-13-17-21-25-29-35-37(33,34)36-30-26-22-18-14-10-6-8-12-16-20-24-28-32(3)4;/h3*31-32H,5-30H2,1-4H3,(H,33,34);/q;;;+3/p-3. The van der Waals surface area contributed by atoms with Gasteiger partial charge in [0.05, 0.1) is 39.6 Å². The molecule has 0 amide bonds. The summed E-state index contributed by atoms with van der Waals surface area (Å²) in [7, 11) is -12.4. The molecule has 0 heterocycles. The Kier molecular flexibility index (Phi) is 100. The first-order valence-corrected chi connectivity index (χ1v) is 53.7. The van der Waals surface area contributed by atoms with Gasteiger partial charge in [-0.2, -0.15) is 0 Å². The first-order valence-electron chi connectivity index (χ1n) is 49.3. The van der Waals surface area contributed by atoms with Crippen LogP contribution in [-0.2, 0) is 40.8 Å². The van der Waals surface area contributed by atoms with Crippen LogP contribution in [0.25, 0.3) is 0 Å². The van der Waals surface area contributed by atoms with E-state index in [0.717, 1.165) is 113 Å². The molecule has 0 aromatic rings. The van der Waals surface area contributed by atoms with Crippen LogP contribution in [0.3, 0.4) is 0 Å². The molecular weight excluding hydrogens is 1460 g/mol. The van der Waals surface area contributed by atoms with E-state index in [2.05, 4.69) is 83.1 Å². The van der Waals surface area contributed by atoms with Gasteiger partial charge in [0.15, 0.2) is 0 Å². The van der Waals surface area contributed by atoms with Crippen molar-refractivity contribution in [2.75, 3.05) is 39.6 Å². The molecule has 0 spiro atoms. The number of phosphoric acid groups is 3. The van der Waals surface area contributed by atoms with Crippen molar-refractivity contribution in [1.29, 1.82) is 0 Å². The van der Waals surface area contributed by atoms with E-state index >= 15 is 0 Å². The molecule has 0 aromatic heterocycles. The minimum atomic E-state index is -4.12. The summed E-state index contributed by atoms with van der Waals surface area (Å²) in [4.78, 5) is 35.6. The van der Waals surface area contributed by atoms with Crippen LogP contribution >= 0.6 is 23.5 Å². The first kappa shape index (κ1) is 119. The molecule has 0 saturated heterocycles. The summed E-state index contributed by atoms with van der Waals surface area (Å²) < 4.78 is 65.8. The van der Waals surface area contributed by atoms with Gasteiger partial charge in [-0.05, 0) is 74.0 Å². The van der Waals surface area contributed by atoms with Crippen molar-refractivity contribution < 1.29 is 55.5 Å². The molecule has 0 fully saturated rings. The van der Waals surface area contributed by atoms with Gasteiger partial charge < -0.3 is 41.8 Å². The van der Waals surface area contributed by atoms with Gasteiger partial charge in [0.25, 0.3) is 23.5 Å². The molecule has 0 aromatic carbocycles. The van der Waals surface area contributed by atoms with Crippen molar-refractivity contribution >= 4 is 40.8 Å². The Labute approximate surface area is 712 Å². The number of phosphoric ester groups is 3. The Balaban J connectivity index is -0.000000778. The molecule has 0 rings (SSSR count). The van der Waals surface area contributed by atoms with Crippen molar-refractivity contribution in [2.45, 2.75) is 545 Å². The topological polar surface area (TPSA) is 176 Å². The van der Waals surface area contributed by atoms with Crippen LogP contribution < -0.4 is 14.7 Å². The second-order valence-electron chi connectivity index (χ2n) is 36.8. The van der Waals surface area contributed by atoms with Crippen LogP contribution in [-0.4, -0.2) is 57.0 Å². The van der Waals surface area contributed by atoms with Crippen molar-refractivity contribution in [3.8, 4) is 0 Å². The molecule has 0 N–H and O–H groups in total. The maximum atomic E-state index is 11.9. The van der Waals surface area contributed by atoms with Gasteiger partial charge in [-0.1, -0.05) is 507 Å². The van der Waals surface area contributed by atoms with E-state index in [0.29, 0.717) is 0 Å². The molecule has 0 aliphatic carbocycles. The van der Waals surface area contributed by atoms with Crippen LogP contribution in [0, 0.1) is 35.5 Å². The van der Waals surface area contributed by atoms with E-state index < -0.39 is 23.5 Å². The molecule has 0 atom stereocenters. The average molecular weight is 1660 g/mol. The third-order valence-corrected chi connectivity index (χ3v) is 25.0. The number of unbranched alkanes of at least 4 members (excludes halogenated alkanes) is 60. The van der Waals surface area contributed by atoms with Gasteiger partial charge in [0.2, 0.25) is 0 Å². The maximum Gasteiger partial charge on any atom is 3.00 e. The molecule has 0 aliphatic rings. The molecule has 12 nitrogen and oxygen atoms in total. The summed E-state index contributed by atoms with van der Waals surface area (Å²) in [6.07, 6.45) is 91.0. The predicted molar refractivity (Wildman–Crippen MR) is 486 cm³/mol. The van der Waals surface area contributed by atoms with Gasteiger partial charge in [0.1, 0.15) is 0 Å². The zero-order valence-electron chi connectivity index (χ0n) is 77.4. The Morgan fingerprint density at radius 2 is 0.223 bits per heavy atom. The fourth-order valence-electron chi connectivity index (χ4n) is 14.6. The van der Waals surface area contributed by atoms with E-state index in [-0.39, 0.29) is 57.0 Å². The van der Waals surface area contributed by atoms with E-state index in [1.165, 1.54) is 385 Å². The number of hydrogen-bond donors (Lipinski definition) is 0. The first-order chi connectivity index (χ1) is 53.5. The number of rotatable bonds is 90. The third kappa shape index (κ3) is 113. The summed E-state index contributed by atoms with van der Waals surface area (Å²) in [6, 6.07) is 0. The third-order valence-electron chi connectivity index (χ3n) is 22.1. The Morgan fingerprint density at radius 1 is 0.152 bits per heavy atom. The molecule has 16 heteroatoms. The molecule has 0 bridgehead atoms. The van der Waals surface area contributed by atoms with Crippen molar-refractivity contribution in [3.63, 3.8) is 0 Å². The number of hydrogen-bond acceptors (Lipinski definition) is 12. The summed E-state index contributed by atoms with van der Waals surface area (Å²) in [5.41, 5.74) is 0. The maximum absolute atomic E-state index is 11.9. The predicted octanol–water partition coefficient (Wildman–Crippen LogP) is 33.1. The zero-order chi connectivity index (χ0) is 82.4. The van der Waals surface area contributed by atoms with E-state index in [1.54, 1.807) is 0 Å². The van der Waals surface area contributed by atoms with Crippen molar-refractivity contribution in [3.05, 3.63) is 0 Å². The minimum absolute atomic E-state index is 0. The monoisotopic (exact) mass is 1660 g/mol. The van der Waals surface area contributed by atoms with Gasteiger partial charge in [-0.25, -0.2) is 0 Å². The average Bonchev–Trinajstić information content (AvgIpc) is 0.957. The zero-order valence-corrected chi connectivity index (χ0v) is 81.3. The normalized spacial score (nSPS) is 12.2. The van der Waals surface area contributed by atoms with Gasteiger partial charge in [0, 0.05) is 0 Å². The Hall–Kier alpha value is 0.862. The van der Waals surface area contributed by atoms with Crippen LogP contribution in [0.1, 0.15) is 545 Å². The molecule has 0 aliphatic heterocycles. The Bertz CT molecular complexity index is 1580. The van der Waals surface area contributed by atoms with Crippen molar-refractivity contribution in [1.82, 2.24) is 0 Å². The van der Waals surface area contributed by atoms with Crippen LogP contribution in [0.5, 0.6) is 0 Å². The summed E-state index contributed by atoms with van der Waals surface area (Å²) >= 11 is 0. The van der Waals surface area contributed by atoms with Gasteiger partial charge in [-0.15, -0.1) is 0 Å². The van der Waals surface area contributed by atoms with Crippen LogP contribution in [0.2, 0.25) is 0 Å². The van der Waals surface area contributed by atoms with E-state index in [4.69, 9.17) is 27.1 Å². The molecule has 672 valence electrons. The molecule has 0 radical (unpaired) electrons. The van der Waals surface area contributed by atoms with Gasteiger partial charge >= 0.3 is 17.4 Å². The summed E-state index contributed by atoms with van der Waals surface area (Å²) in [5, 5.41) is 0. The van der Waals surface area contributed by atoms with Gasteiger partial charge in [-0.3, -0.25) is 13.7 Å². The summed E-state index contributed by atoms with van der Waals surface area (Å²) in [6.45, 7) is 29.2. The second-order valence-corrected chi connectivity index (χ2v) is 41.0. The quantitative estimate of drug-likeness (QED) is 0.0320. The van der Waals surface area contributed by atoms with E-state index in [1.807, 2.05) is 0 Å². The fourth-order valence-corrected chi connectivity index (χ4v) is 17.0. The smallest absolute Gasteiger partial charge is 0.756 e. The second kappa shape index (κ2) is 94.1. The van der Waals surface area contributed by atoms with Crippen LogP contribution in [0.15, 0.2) is 0 Å². The molecule has 0 unspecified atom stereocenters. The minimum Gasteiger partial charge on any atom is -0.756 e. The molecule has 112 heavy (non-hydrogen) atoms. The molecule has 0 saturated carbocycles. The fraction of sp³-hybridized carbons (Fsp3) is 1.00. The SMILES string of the molecule is CC(C)CCCCCCCCCCCCCOP(=O)([O-])OCCCCCCCCCCCCCC(C)C.CC(C)CCCCCCCCCCCCCOP(=O)([O-])OCCCCCCCCCCCCCC(C)C.CC(C)CCCCCCCCCCCCCOP(=O)([O-])OCCCCCCCCCCCCCC(C)C.[Al+3]. The van der Waals surface area contributed by atoms with Crippen molar-refractivity contribution in [2.24, 2.45) is 35.5 Å². The summed E-state index contributed by atoms with van der Waals surface area (Å²) in [5.74, 6) is 5.07. The van der Waals surface area contributed by atoms with Crippen LogP contribution in [0.4, 0.5) is 0 Å². The van der Waals surface area contributed by atoms with E-state index in [9.17, 15) is 28.4 Å². The Morgan fingerprint density at radius 3 is 0.304 bits per heavy atom. The molecular formula is C96H198AlO12P3. The largest absolute Gasteiger partial charge is 3.00 e.